The highest BCUT2D eigenvalue weighted by Gasteiger charge is 2.27. The van der Waals surface area contributed by atoms with Gasteiger partial charge in [0.1, 0.15) is 24.0 Å². The third-order valence-electron chi connectivity index (χ3n) is 3.98. The molecule has 11 heteroatoms. The van der Waals surface area contributed by atoms with Crippen LogP contribution < -0.4 is 16.9 Å². The van der Waals surface area contributed by atoms with Gasteiger partial charge in [0.05, 0.1) is 13.2 Å². The molecule has 140 valence electrons. The number of aromatic nitrogens is 4. The number of nitrogens with one attached hydrogen (secondary N) is 2. The molecule has 0 saturated heterocycles. The maximum absolute atomic E-state index is 12.6. The van der Waals surface area contributed by atoms with Crippen LogP contribution in [0.25, 0.3) is 11.2 Å². The van der Waals surface area contributed by atoms with E-state index in [-0.39, 0.29) is 17.7 Å². The molecule has 2 aromatic heterocycles. The molecule has 0 aromatic carbocycles. The van der Waals surface area contributed by atoms with Gasteiger partial charge in [-0.3, -0.25) is 23.9 Å². The Kier molecular flexibility index (Phi) is 5.95. The second-order valence-electron chi connectivity index (χ2n) is 5.81. The van der Waals surface area contributed by atoms with Crippen molar-refractivity contribution in [2.45, 2.75) is 51.2 Å². The van der Waals surface area contributed by atoms with E-state index in [1.54, 1.807) is 0 Å². The SMILES string of the molecule is CCCCn1c(=O)n(C[C@@H](O)[C@H](O)[C@H](O)CO)c2[nH]c(=O)[nH]c(=O)c21. The van der Waals surface area contributed by atoms with Crippen LogP contribution in [0.15, 0.2) is 14.4 Å². The van der Waals surface area contributed by atoms with Crippen LogP contribution in [0.2, 0.25) is 0 Å². The summed E-state index contributed by atoms with van der Waals surface area (Å²) in [6.07, 6.45) is -3.52. The van der Waals surface area contributed by atoms with Crippen molar-refractivity contribution in [2.24, 2.45) is 0 Å². The van der Waals surface area contributed by atoms with Gasteiger partial charge in [0.25, 0.3) is 5.56 Å². The largest absolute Gasteiger partial charge is 0.394 e. The fraction of sp³-hybridized carbons (Fsp3) is 0.643. The number of H-pyrrole nitrogens is 2. The van der Waals surface area contributed by atoms with Gasteiger partial charge in [-0.2, -0.15) is 0 Å². The number of aliphatic hydroxyl groups is 4. The average molecular weight is 358 g/mol. The van der Waals surface area contributed by atoms with Gasteiger partial charge in [-0.25, -0.2) is 9.59 Å². The summed E-state index contributed by atoms with van der Waals surface area (Å²) >= 11 is 0. The molecule has 0 aliphatic heterocycles. The Morgan fingerprint density at radius 1 is 1.04 bits per heavy atom. The number of fused-ring (bicyclic) bond motifs is 1. The molecule has 0 unspecified atom stereocenters. The third kappa shape index (κ3) is 3.74. The predicted molar refractivity (Wildman–Crippen MR) is 87.5 cm³/mol. The van der Waals surface area contributed by atoms with E-state index in [4.69, 9.17) is 5.11 Å². The van der Waals surface area contributed by atoms with E-state index in [1.165, 1.54) is 4.57 Å². The van der Waals surface area contributed by atoms with Crippen molar-refractivity contribution in [1.29, 1.82) is 0 Å². The molecular weight excluding hydrogens is 336 g/mol. The molecule has 11 nitrogen and oxygen atoms in total. The molecule has 2 rings (SSSR count). The zero-order valence-electron chi connectivity index (χ0n) is 13.7. The van der Waals surface area contributed by atoms with E-state index in [0.29, 0.717) is 6.42 Å². The highest BCUT2D eigenvalue weighted by molar-refractivity contribution is 5.69. The van der Waals surface area contributed by atoms with Crippen molar-refractivity contribution >= 4 is 11.2 Å². The van der Waals surface area contributed by atoms with Crippen LogP contribution in [0.1, 0.15) is 19.8 Å². The van der Waals surface area contributed by atoms with Gasteiger partial charge in [0.2, 0.25) is 0 Å². The fourth-order valence-corrected chi connectivity index (χ4v) is 2.60. The predicted octanol–water partition coefficient (Wildman–Crippen LogP) is -2.95. The molecule has 0 radical (unpaired) electrons. The molecule has 25 heavy (non-hydrogen) atoms. The highest BCUT2D eigenvalue weighted by Crippen LogP contribution is 2.09. The van der Waals surface area contributed by atoms with Gasteiger partial charge in [0, 0.05) is 6.54 Å². The Balaban J connectivity index is 2.56. The maximum atomic E-state index is 12.6. The molecule has 0 spiro atoms. The van der Waals surface area contributed by atoms with Crippen LogP contribution >= 0.6 is 0 Å². The van der Waals surface area contributed by atoms with E-state index in [0.717, 1.165) is 11.0 Å². The zero-order chi connectivity index (χ0) is 18.7. The average Bonchev–Trinajstić information content (AvgIpc) is 2.83. The smallest absolute Gasteiger partial charge is 0.330 e. The lowest BCUT2D eigenvalue weighted by Gasteiger charge is -2.21. The second-order valence-corrected chi connectivity index (χ2v) is 5.81. The number of nitrogens with zero attached hydrogens (tertiary/aromatic N) is 2. The number of imidazole rings is 1. The maximum Gasteiger partial charge on any atom is 0.330 e. The number of hydrogen-bond donors (Lipinski definition) is 6. The lowest BCUT2D eigenvalue weighted by atomic mass is 10.1. The Morgan fingerprint density at radius 2 is 1.72 bits per heavy atom. The van der Waals surface area contributed by atoms with Crippen LogP contribution in [0, 0.1) is 0 Å². The molecule has 0 aliphatic rings. The lowest BCUT2D eigenvalue weighted by Crippen LogP contribution is -2.43. The van der Waals surface area contributed by atoms with E-state index in [1.807, 2.05) is 11.9 Å². The van der Waals surface area contributed by atoms with Gasteiger partial charge >= 0.3 is 11.4 Å². The summed E-state index contributed by atoms with van der Waals surface area (Å²) in [5.41, 5.74) is -2.32. The Labute approximate surface area is 140 Å². The Hall–Kier alpha value is -2.21. The first-order chi connectivity index (χ1) is 11.8. The van der Waals surface area contributed by atoms with E-state index < -0.39 is 48.4 Å². The molecule has 0 saturated carbocycles. The standard InChI is InChI=1S/C14H22N4O7/c1-2-3-4-17-9-11(15-13(24)16-12(9)23)18(14(17)25)5-7(20)10(22)8(21)6-19/h7-8,10,19-22H,2-6H2,1H3,(H2,15,16,23,24)/t7-,8-,10+/m1/s1. The number of hydrogen-bond acceptors (Lipinski definition) is 7. The van der Waals surface area contributed by atoms with Crippen molar-refractivity contribution in [3.8, 4) is 0 Å². The molecule has 0 aliphatic carbocycles. The van der Waals surface area contributed by atoms with Crippen molar-refractivity contribution in [1.82, 2.24) is 19.1 Å². The second kappa shape index (κ2) is 7.78. The fourth-order valence-electron chi connectivity index (χ4n) is 2.60. The molecule has 0 fully saturated rings. The van der Waals surface area contributed by atoms with E-state index >= 15 is 0 Å². The number of aliphatic hydroxyl groups excluding tert-OH is 4. The number of aromatic amines is 2. The minimum Gasteiger partial charge on any atom is -0.394 e. The summed E-state index contributed by atoms with van der Waals surface area (Å²) in [5.74, 6) is 0. The quantitative estimate of drug-likeness (QED) is 0.292. The van der Waals surface area contributed by atoms with Gasteiger partial charge < -0.3 is 20.4 Å². The summed E-state index contributed by atoms with van der Waals surface area (Å²) in [6, 6.07) is 0. The highest BCUT2D eigenvalue weighted by atomic mass is 16.4. The zero-order valence-corrected chi connectivity index (χ0v) is 13.7. The summed E-state index contributed by atoms with van der Waals surface area (Å²) in [5, 5.41) is 38.0. The van der Waals surface area contributed by atoms with Crippen LogP contribution in [0.3, 0.4) is 0 Å². The molecule has 2 heterocycles. The summed E-state index contributed by atoms with van der Waals surface area (Å²) in [7, 11) is 0. The van der Waals surface area contributed by atoms with Crippen LogP contribution in [0.4, 0.5) is 0 Å². The van der Waals surface area contributed by atoms with Gasteiger partial charge in [-0.1, -0.05) is 13.3 Å². The number of unbranched alkanes of at least 4 members (excludes halogenated alkanes) is 1. The molecule has 0 bridgehead atoms. The van der Waals surface area contributed by atoms with Crippen molar-refractivity contribution in [3.63, 3.8) is 0 Å². The molecule has 3 atom stereocenters. The van der Waals surface area contributed by atoms with Crippen LogP contribution in [0.5, 0.6) is 0 Å². The minimum atomic E-state index is -1.71. The first-order valence-electron chi connectivity index (χ1n) is 7.92. The topological polar surface area (TPSA) is 174 Å². The van der Waals surface area contributed by atoms with Crippen molar-refractivity contribution in [3.05, 3.63) is 31.3 Å². The van der Waals surface area contributed by atoms with Crippen LogP contribution in [-0.2, 0) is 13.1 Å². The summed E-state index contributed by atoms with van der Waals surface area (Å²) in [6.45, 7) is 0.895. The minimum absolute atomic E-state index is 0.0394. The first-order valence-corrected chi connectivity index (χ1v) is 7.92. The normalized spacial score (nSPS) is 15.4. The number of rotatable bonds is 8. The van der Waals surface area contributed by atoms with E-state index in [9.17, 15) is 29.7 Å². The van der Waals surface area contributed by atoms with Gasteiger partial charge in [0.15, 0.2) is 5.52 Å². The lowest BCUT2D eigenvalue weighted by molar-refractivity contribution is -0.0806. The summed E-state index contributed by atoms with van der Waals surface area (Å²) in [4.78, 5) is 40.6. The van der Waals surface area contributed by atoms with E-state index in [2.05, 4.69) is 4.98 Å². The van der Waals surface area contributed by atoms with Gasteiger partial charge in [-0.05, 0) is 6.42 Å². The monoisotopic (exact) mass is 358 g/mol. The molecule has 0 amide bonds. The Bertz CT molecular complexity index is 893. The van der Waals surface area contributed by atoms with Gasteiger partial charge in [-0.15, -0.1) is 0 Å². The van der Waals surface area contributed by atoms with Crippen molar-refractivity contribution < 1.29 is 20.4 Å². The third-order valence-corrected chi connectivity index (χ3v) is 3.98. The van der Waals surface area contributed by atoms with Crippen LogP contribution in [-0.4, -0.2) is 64.4 Å². The molecule has 6 N–H and O–H groups in total. The summed E-state index contributed by atoms with van der Waals surface area (Å²) < 4.78 is 2.15. The first kappa shape index (κ1) is 19.1. The molecular formula is C14H22N4O7. The van der Waals surface area contributed by atoms with Crippen molar-refractivity contribution in [2.75, 3.05) is 6.61 Å². The number of aryl methyl sites for hydroxylation is 1. The molecule has 2 aromatic rings. The Morgan fingerprint density at radius 3 is 2.32 bits per heavy atom.